The van der Waals surface area contributed by atoms with Crippen molar-refractivity contribution >= 4 is 31.7 Å². The lowest BCUT2D eigenvalue weighted by Gasteiger charge is -2.28. The number of rotatable bonds is 2. The van der Waals surface area contributed by atoms with Crippen molar-refractivity contribution in [1.82, 2.24) is 4.31 Å². The van der Waals surface area contributed by atoms with E-state index in [0.29, 0.717) is 0 Å². The van der Waals surface area contributed by atoms with Gasteiger partial charge in [0.05, 0.1) is 9.72 Å². The molecular formula is C11H12BrNO3S. The molecule has 92 valence electrons. The molecule has 1 heterocycles. The minimum atomic E-state index is -3.47. The molecule has 2 rings (SSSR count). The zero-order chi connectivity index (χ0) is 12.5. The quantitative estimate of drug-likeness (QED) is 0.775. The fraction of sp³-hybridized carbons (Fsp3) is 0.364. The van der Waals surface area contributed by atoms with E-state index in [0.717, 1.165) is 0 Å². The number of ketones is 1. The molecule has 0 amide bonds. The number of halogens is 1. The molecule has 1 aromatic rings. The number of sulfonamides is 1. The Hall–Kier alpha value is -0.720. The zero-order valence-corrected chi connectivity index (χ0v) is 11.4. The minimum Gasteiger partial charge on any atom is -0.298 e. The molecule has 6 heteroatoms. The predicted molar refractivity (Wildman–Crippen MR) is 67.5 cm³/mol. The topological polar surface area (TPSA) is 54.5 Å². The number of carbonyl (C=O) groups excluding carboxylic acids is 1. The van der Waals surface area contributed by atoms with Crippen molar-refractivity contribution in [2.75, 3.05) is 13.1 Å². The Morgan fingerprint density at radius 3 is 2.47 bits per heavy atom. The summed E-state index contributed by atoms with van der Waals surface area (Å²) < 4.78 is 25.8. The van der Waals surface area contributed by atoms with E-state index in [4.69, 9.17) is 0 Å². The first-order valence-corrected chi connectivity index (χ1v) is 7.59. The highest BCUT2D eigenvalue weighted by Crippen LogP contribution is 2.21. The molecule has 4 nitrogen and oxygen atoms in total. The van der Waals surface area contributed by atoms with Crippen LogP contribution in [0.15, 0.2) is 35.2 Å². The van der Waals surface area contributed by atoms with Gasteiger partial charge in [0.1, 0.15) is 5.78 Å². The summed E-state index contributed by atoms with van der Waals surface area (Å²) in [6, 6.07) is 8.28. The average Bonchev–Trinajstić information content (AvgIpc) is 2.33. The molecule has 1 aliphatic heterocycles. The van der Waals surface area contributed by atoms with Crippen LogP contribution in [0.3, 0.4) is 0 Å². The molecule has 0 radical (unpaired) electrons. The van der Waals surface area contributed by atoms with Gasteiger partial charge in [-0.15, -0.1) is 0 Å². The van der Waals surface area contributed by atoms with Gasteiger partial charge in [0.2, 0.25) is 10.0 Å². The van der Waals surface area contributed by atoms with Crippen molar-refractivity contribution in [1.29, 1.82) is 0 Å². The van der Waals surface area contributed by atoms with Crippen molar-refractivity contribution < 1.29 is 13.2 Å². The minimum absolute atomic E-state index is 0.0597. The molecule has 1 aromatic carbocycles. The largest absolute Gasteiger partial charge is 0.298 e. The molecule has 0 aliphatic carbocycles. The van der Waals surface area contributed by atoms with Crippen LogP contribution in [-0.2, 0) is 14.8 Å². The number of hydrogen-bond acceptors (Lipinski definition) is 3. The molecule has 0 unspecified atom stereocenters. The van der Waals surface area contributed by atoms with Gasteiger partial charge < -0.3 is 0 Å². The van der Waals surface area contributed by atoms with Gasteiger partial charge in [0, 0.05) is 19.5 Å². The molecule has 0 aromatic heterocycles. The summed E-state index contributed by atoms with van der Waals surface area (Å²) >= 11 is 3.20. The van der Waals surface area contributed by atoms with E-state index in [1.807, 2.05) is 0 Å². The van der Waals surface area contributed by atoms with Gasteiger partial charge in [-0.2, -0.15) is 4.31 Å². The number of alkyl halides is 1. The lowest BCUT2D eigenvalue weighted by atomic mass is 10.1. The van der Waals surface area contributed by atoms with Crippen LogP contribution in [0.4, 0.5) is 0 Å². The van der Waals surface area contributed by atoms with E-state index < -0.39 is 14.9 Å². The lowest BCUT2D eigenvalue weighted by Crippen LogP contribution is -2.44. The third kappa shape index (κ3) is 2.59. The average molecular weight is 318 g/mol. The molecule has 0 spiro atoms. The summed E-state index contributed by atoms with van der Waals surface area (Å²) in [4.78, 5) is 11.2. The molecule has 17 heavy (non-hydrogen) atoms. The van der Waals surface area contributed by atoms with Crippen molar-refractivity contribution in [3.8, 4) is 0 Å². The summed E-state index contributed by atoms with van der Waals surface area (Å²) in [7, 11) is -3.47. The zero-order valence-electron chi connectivity index (χ0n) is 9.04. The van der Waals surface area contributed by atoms with Crippen LogP contribution in [-0.4, -0.2) is 36.4 Å². The standard InChI is InChI=1S/C11H12BrNO3S/c12-10-8-13(7-6-11(10)14)17(15,16)9-4-2-1-3-5-9/h1-5,10H,6-8H2/t10-/m1/s1. The van der Waals surface area contributed by atoms with Crippen LogP contribution in [0.25, 0.3) is 0 Å². The van der Waals surface area contributed by atoms with Gasteiger partial charge in [0.15, 0.2) is 0 Å². The highest BCUT2D eigenvalue weighted by atomic mass is 79.9. The van der Waals surface area contributed by atoms with E-state index in [1.165, 1.54) is 4.31 Å². The number of Topliss-reactive ketones (excluding diaryl/α,β-unsaturated/α-hetero) is 1. The predicted octanol–water partition coefficient (Wildman–Crippen LogP) is 1.41. The smallest absolute Gasteiger partial charge is 0.243 e. The van der Waals surface area contributed by atoms with E-state index >= 15 is 0 Å². The monoisotopic (exact) mass is 317 g/mol. The van der Waals surface area contributed by atoms with Gasteiger partial charge >= 0.3 is 0 Å². The van der Waals surface area contributed by atoms with Crippen LogP contribution in [0.1, 0.15) is 6.42 Å². The summed E-state index contributed by atoms with van der Waals surface area (Å²) in [6.45, 7) is 0.466. The summed E-state index contributed by atoms with van der Waals surface area (Å²) in [5.41, 5.74) is 0. The maximum absolute atomic E-state index is 12.2. The van der Waals surface area contributed by atoms with Crippen LogP contribution in [0.5, 0.6) is 0 Å². The van der Waals surface area contributed by atoms with Crippen molar-refractivity contribution in [3.63, 3.8) is 0 Å². The number of piperidine rings is 1. The summed E-state index contributed by atoms with van der Waals surface area (Å²) in [5.74, 6) is 0.0597. The van der Waals surface area contributed by atoms with Crippen molar-refractivity contribution in [2.45, 2.75) is 16.1 Å². The van der Waals surface area contributed by atoms with Gasteiger partial charge in [0.25, 0.3) is 0 Å². The first-order valence-electron chi connectivity index (χ1n) is 5.24. The van der Waals surface area contributed by atoms with Crippen LogP contribution < -0.4 is 0 Å². The lowest BCUT2D eigenvalue weighted by molar-refractivity contribution is -0.119. The third-order valence-corrected chi connectivity index (χ3v) is 5.38. The second-order valence-corrected chi connectivity index (χ2v) is 6.90. The van der Waals surface area contributed by atoms with Gasteiger partial charge in [-0.25, -0.2) is 8.42 Å². The van der Waals surface area contributed by atoms with E-state index in [-0.39, 0.29) is 30.2 Å². The molecule has 0 saturated carbocycles. The maximum atomic E-state index is 12.2. The fourth-order valence-corrected chi connectivity index (χ4v) is 3.97. The van der Waals surface area contributed by atoms with Crippen molar-refractivity contribution in [3.05, 3.63) is 30.3 Å². The first-order chi connectivity index (χ1) is 8.01. The van der Waals surface area contributed by atoms with Crippen LogP contribution in [0, 0.1) is 0 Å². The Balaban J connectivity index is 2.26. The highest BCUT2D eigenvalue weighted by Gasteiger charge is 2.32. The molecule has 1 atom stereocenters. The molecule has 0 N–H and O–H groups in total. The number of benzene rings is 1. The number of carbonyl (C=O) groups is 1. The number of nitrogens with zero attached hydrogens (tertiary/aromatic N) is 1. The molecule has 1 saturated heterocycles. The van der Waals surface area contributed by atoms with Crippen molar-refractivity contribution in [2.24, 2.45) is 0 Å². The molecule has 1 fully saturated rings. The normalized spacial score (nSPS) is 22.6. The Morgan fingerprint density at radius 1 is 1.24 bits per heavy atom. The summed E-state index contributed by atoms with van der Waals surface area (Å²) in [6.07, 6.45) is 0.266. The van der Waals surface area contributed by atoms with Gasteiger partial charge in [-0.05, 0) is 12.1 Å². The second-order valence-electron chi connectivity index (χ2n) is 3.86. The Bertz CT molecular complexity index is 515. The SMILES string of the molecule is O=C1CCN(S(=O)(=O)c2ccccc2)C[C@H]1Br. The first kappa shape index (κ1) is 12.7. The second kappa shape index (κ2) is 4.88. The molecule has 0 bridgehead atoms. The van der Waals surface area contributed by atoms with Gasteiger partial charge in [-0.1, -0.05) is 34.1 Å². The molecular weight excluding hydrogens is 306 g/mol. The fourth-order valence-electron chi connectivity index (χ4n) is 1.72. The highest BCUT2D eigenvalue weighted by molar-refractivity contribution is 9.10. The van der Waals surface area contributed by atoms with E-state index in [2.05, 4.69) is 15.9 Å². The Labute approximate surface area is 109 Å². The number of hydrogen-bond donors (Lipinski definition) is 0. The Kier molecular flexibility index (Phi) is 3.65. The Morgan fingerprint density at radius 2 is 1.88 bits per heavy atom. The van der Waals surface area contributed by atoms with E-state index in [1.54, 1.807) is 30.3 Å². The van der Waals surface area contributed by atoms with E-state index in [9.17, 15) is 13.2 Å². The third-order valence-electron chi connectivity index (χ3n) is 2.70. The van der Waals surface area contributed by atoms with Crippen LogP contribution in [0.2, 0.25) is 0 Å². The van der Waals surface area contributed by atoms with Gasteiger partial charge in [-0.3, -0.25) is 4.79 Å². The maximum Gasteiger partial charge on any atom is 0.243 e. The molecule has 1 aliphatic rings. The van der Waals surface area contributed by atoms with Crippen LogP contribution >= 0.6 is 15.9 Å². The summed E-state index contributed by atoms with van der Waals surface area (Å²) in [5, 5.41) is 0.